The van der Waals surface area contributed by atoms with Crippen LogP contribution in [0.25, 0.3) is 0 Å². The van der Waals surface area contributed by atoms with Crippen molar-refractivity contribution in [1.29, 1.82) is 0 Å². The van der Waals surface area contributed by atoms with Crippen LogP contribution < -0.4 is 0 Å². The van der Waals surface area contributed by atoms with E-state index >= 15 is 0 Å². The minimum atomic E-state index is -0.559. The van der Waals surface area contributed by atoms with Gasteiger partial charge in [-0.05, 0) is 67.7 Å². The van der Waals surface area contributed by atoms with Gasteiger partial charge in [0.15, 0.2) is 6.10 Å². The highest BCUT2D eigenvalue weighted by molar-refractivity contribution is 9.28. The quantitative estimate of drug-likeness (QED) is 0.312. The second-order valence-corrected chi connectivity index (χ2v) is 10.7. The van der Waals surface area contributed by atoms with Gasteiger partial charge in [-0.1, -0.05) is 80.4 Å². The lowest BCUT2D eigenvalue weighted by atomic mass is 10.0. The Kier molecular flexibility index (Phi) is 7.03. The number of esters is 1. The van der Waals surface area contributed by atoms with E-state index in [0.29, 0.717) is 0 Å². The van der Waals surface area contributed by atoms with Gasteiger partial charge in [-0.2, -0.15) is 0 Å². The maximum Gasteiger partial charge on any atom is 0.311 e. The molecule has 0 amide bonds. The molecule has 2 aromatic rings. The van der Waals surface area contributed by atoms with Crippen molar-refractivity contribution in [1.82, 2.24) is 0 Å². The molecule has 0 aliphatic heterocycles. The number of hydrogen-bond donors (Lipinski definition) is 0. The fourth-order valence-corrected chi connectivity index (χ4v) is 4.34. The summed E-state index contributed by atoms with van der Waals surface area (Å²) in [6.45, 7) is 5.94. The predicted molar refractivity (Wildman–Crippen MR) is 125 cm³/mol. The van der Waals surface area contributed by atoms with E-state index in [0.717, 1.165) is 15.4 Å². The lowest BCUT2D eigenvalue weighted by molar-refractivity contribution is -0.149. The van der Waals surface area contributed by atoms with Gasteiger partial charge in [-0.3, -0.25) is 4.79 Å². The van der Waals surface area contributed by atoms with Crippen LogP contribution in [0.4, 0.5) is 0 Å². The molecular formula is C25H24Br2O2. The summed E-state index contributed by atoms with van der Waals surface area (Å²) in [7, 11) is 0. The van der Waals surface area contributed by atoms with Gasteiger partial charge in [0.1, 0.15) is 0 Å². The summed E-state index contributed by atoms with van der Waals surface area (Å²) in [5.74, 6) is 5.75. The molecule has 1 unspecified atom stereocenters. The summed E-state index contributed by atoms with van der Waals surface area (Å²) in [5, 5.41) is 0. The highest BCUT2D eigenvalue weighted by Gasteiger charge is 2.61. The van der Waals surface area contributed by atoms with E-state index in [-0.39, 0.29) is 23.2 Å². The van der Waals surface area contributed by atoms with E-state index in [1.165, 1.54) is 11.1 Å². The summed E-state index contributed by atoms with van der Waals surface area (Å²) < 4.78 is 6.74. The maximum absolute atomic E-state index is 12.9. The van der Waals surface area contributed by atoms with Crippen molar-refractivity contribution in [2.24, 2.45) is 17.3 Å². The minimum Gasteiger partial charge on any atom is -0.444 e. The van der Waals surface area contributed by atoms with Gasteiger partial charge in [0.25, 0.3) is 0 Å². The number of hydrogen-bond acceptors (Lipinski definition) is 2. The Labute approximate surface area is 190 Å². The normalized spacial score (nSPS) is 20.0. The summed E-state index contributed by atoms with van der Waals surface area (Å²) in [6.07, 6.45) is 2.29. The molecule has 0 saturated heterocycles. The Morgan fingerprint density at radius 3 is 2.48 bits per heavy atom. The maximum atomic E-state index is 12.9. The van der Waals surface area contributed by atoms with Crippen LogP contribution in [0.15, 0.2) is 64.1 Å². The standard InChI is InChI=1S/C25H24Br2O2/c1-4-9-21(29-24(28)23-20(16-22(26)27)25(23,2)3)19-13-8-12-18(15-19)14-17-10-6-5-7-11-17/h5-8,10-13,15-16,20-21,23H,14H2,1-3H3/t20-,21?,23-/m0/s1. The number of carbonyl (C=O) groups is 1. The average Bonchev–Trinajstić information content (AvgIpc) is 3.21. The van der Waals surface area contributed by atoms with E-state index in [1.54, 1.807) is 6.92 Å². The van der Waals surface area contributed by atoms with Crippen molar-refractivity contribution in [2.45, 2.75) is 33.3 Å². The lowest BCUT2D eigenvalue weighted by Crippen LogP contribution is -2.15. The number of allylic oxidation sites excluding steroid dienone is 1. The molecule has 0 aromatic heterocycles. The van der Waals surface area contributed by atoms with Crippen LogP contribution in [0, 0.1) is 29.1 Å². The molecule has 1 saturated carbocycles. The van der Waals surface area contributed by atoms with E-state index in [2.05, 4.69) is 81.8 Å². The highest BCUT2D eigenvalue weighted by atomic mass is 79.9. The molecule has 0 radical (unpaired) electrons. The highest BCUT2D eigenvalue weighted by Crippen LogP contribution is 2.60. The molecule has 1 aliphatic carbocycles. The number of rotatable bonds is 6. The summed E-state index contributed by atoms with van der Waals surface area (Å²) >= 11 is 6.79. The summed E-state index contributed by atoms with van der Waals surface area (Å²) in [5.41, 5.74) is 3.20. The largest absolute Gasteiger partial charge is 0.444 e. The molecule has 29 heavy (non-hydrogen) atoms. The summed E-state index contributed by atoms with van der Waals surface area (Å²) in [6, 6.07) is 18.5. The van der Waals surface area contributed by atoms with Crippen LogP contribution in [0.2, 0.25) is 0 Å². The van der Waals surface area contributed by atoms with E-state index in [9.17, 15) is 4.79 Å². The SMILES string of the molecule is CC#CC(OC(=O)[C@@H]1[C@H](C=C(Br)Br)C1(C)C)c1cccc(Cc2ccccc2)c1. The molecule has 1 fully saturated rings. The Morgan fingerprint density at radius 1 is 1.14 bits per heavy atom. The van der Waals surface area contributed by atoms with Gasteiger partial charge >= 0.3 is 5.97 Å². The van der Waals surface area contributed by atoms with Crippen LogP contribution in [0.5, 0.6) is 0 Å². The minimum absolute atomic E-state index is 0.122. The molecule has 2 nitrogen and oxygen atoms in total. The fraction of sp³-hybridized carbons (Fsp3) is 0.320. The molecule has 150 valence electrons. The number of ether oxygens (including phenoxy) is 1. The molecule has 4 heteroatoms. The molecule has 0 spiro atoms. The molecule has 0 bridgehead atoms. The zero-order valence-electron chi connectivity index (χ0n) is 16.8. The van der Waals surface area contributed by atoms with E-state index < -0.39 is 6.10 Å². The second-order valence-electron chi connectivity index (χ2n) is 7.90. The van der Waals surface area contributed by atoms with Crippen LogP contribution in [-0.4, -0.2) is 5.97 Å². The average molecular weight is 516 g/mol. The van der Waals surface area contributed by atoms with Crippen molar-refractivity contribution in [2.75, 3.05) is 0 Å². The first-order valence-electron chi connectivity index (χ1n) is 9.61. The molecule has 1 aliphatic rings. The third kappa shape index (κ3) is 5.41. The van der Waals surface area contributed by atoms with Crippen molar-refractivity contribution in [3.05, 3.63) is 80.8 Å². The monoisotopic (exact) mass is 514 g/mol. The zero-order valence-corrected chi connectivity index (χ0v) is 20.0. The molecule has 3 rings (SSSR count). The van der Waals surface area contributed by atoms with E-state index in [1.807, 2.05) is 36.4 Å². The third-order valence-corrected chi connectivity index (χ3v) is 6.01. The first-order chi connectivity index (χ1) is 13.8. The van der Waals surface area contributed by atoms with Crippen molar-refractivity contribution >= 4 is 37.8 Å². The Hall–Kier alpha value is -1.83. The van der Waals surface area contributed by atoms with Crippen molar-refractivity contribution in [3.63, 3.8) is 0 Å². The smallest absolute Gasteiger partial charge is 0.311 e. The Morgan fingerprint density at radius 2 is 1.83 bits per heavy atom. The zero-order chi connectivity index (χ0) is 21.0. The van der Waals surface area contributed by atoms with Gasteiger partial charge < -0.3 is 4.74 Å². The predicted octanol–water partition coefficient (Wildman–Crippen LogP) is 6.79. The third-order valence-electron chi connectivity index (χ3n) is 5.48. The summed E-state index contributed by atoms with van der Waals surface area (Å²) in [4.78, 5) is 12.9. The van der Waals surface area contributed by atoms with Gasteiger partial charge in [0, 0.05) is 5.56 Å². The van der Waals surface area contributed by atoms with Gasteiger partial charge in [0.2, 0.25) is 0 Å². The lowest BCUT2D eigenvalue weighted by Gasteiger charge is -2.15. The Bertz CT molecular complexity index is 963. The van der Waals surface area contributed by atoms with Crippen LogP contribution >= 0.6 is 31.9 Å². The molecule has 3 atom stereocenters. The number of carbonyl (C=O) groups excluding carboxylic acids is 1. The van der Waals surface area contributed by atoms with Gasteiger partial charge in [0.05, 0.1) is 9.31 Å². The molecule has 0 N–H and O–H groups in total. The van der Waals surface area contributed by atoms with Crippen LogP contribution in [-0.2, 0) is 16.0 Å². The molecule has 2 aromatic carbocycles. The van der Waals surface area contributed by atoms with Gasteiger partial charge in [-0.15, -0.1) is 5.92 Å². The van der Waals surface area contributed by atoms with Crippen LogP contribution in [0.3, 0.4) is 0 Å². The first kappa shape index (κ1) is 21.9. The molecule has 0 heterocycles. The molecular weight excluding hydrogens is 492 g/mol. The van der Waals surface area contributed by atoms with Crippen molar-refractivity contribution in [3.8, 4) is 11.8 Å². The second kappa shape index (κ2) is 9.32. The fourth-order valence-electron chi connectivity index (χ4n) is 3.77. The van der Waals surface area contributed by atoms with Crippen molar-refractivity contribution < 1.29 is 9.53 Å². The topological polar surface area (TPSA) is 26.3 Å². The number of halogens is 2. The van der Waals surface area contributed by atoms with E-state index in [4.69, 9.17) is 4.74 Å². The van der Waals surface area contributed by atoms with Crippen LogP contribution in [0.1, 0.15) is 43.6 Å². The van der Waals surface area contributed by atoms with Gasteiger partial charge in [-0.25, -0.2) is 0 Å². The first-order valence-corrected chi connectivity index (χ1v) is 11.2. The number of benzene rings is 2. The Balaban J connectivity index is 1.76.